The number of piperidine rings is 1. The van der Waals surface area contributed by atoms with Crippen molar-refractivity contribution in [1.29, 1.82) is 0 Å². The average Bonchev–Trinajstić information content (AvgIpc) is 2.96. The Bertz CT molecular complexity index is 1230. The number of nitrogens with one attached hydrogen (secondary N) is 1. The van der Waals surface area contributed by atoms with E-state index < -0.39 is 0 Å². The molecule has 4 nitrogen and oxygen atoms in total. The number of hydrogen-bond acceptors (Lipinski definition) is 4. The summed E-state index contributed by atoms with van der Waals surface area (Å²) in [5, 5.41) is 6.04. The molecule has 192 valence electrons. The Morgan fingerprint density at radius 1 is 0.703 bits per heavy atom. The largest absolute Gasteiger partial charge is 0.494 e. The molecule has 0 bridgehead atoms. The minimum Gasteiger partial charge on any atom is -0.494 e. The highest BCUT2D eigenvalue weighted by atomic mass is 16.5. The third kappa shape index (κ3) is 7.42. The Morgan fingerprint density at radius 3 is 2.35 bits per heavy atom. The van der Waals surface area contributed by atoms with Crippen molar-refractivity contribution in [3.63, 3.8) is 0 Å². The molecule has 1 saturated heterocycles. The first kappa shape index (κ1) is 25.5. The monoisotopic (exact) mass is 495 g/mol. The molecule has 0 unspecified atom stereocenters. The van der Waals surface area contributed by atoms with Crippen molar-refractivity contribution in [1.82, 2.24) is 5.32 Å². The van der Waals surface area contributed by atoms with Gasteiger partial charge in [-0.3, -0.25) is 0 Å². The highest BCUT2D eigenvalue weighted by Crippen LogP contribution is 2.30. The maximum Gasteiger partial charge on any atom is 0.119 e. The Morgan fingerprint density at radius 2 is 1.49 bits per heavy atom. The standard InChI is InChI=1S/C33H37NO3/c1-2-8-26(9-3-1)24-35-20-6-7-21-36-31-16-14-29(15-17-31)32-18-19-34-23-33(32)37-25-27-12-13-28-10-4-5-11-30(28)22-27/h1-5,8-17,22,32-34H,6-7,18-21,23-25H2/t32-,33+/m0/s1. The van der Waals surface area contributed by atoms with Crippen LogP contribution in [0.3, 0.4) is 0 Å². The molecule has 0 amide bonds. The van der Waals surface area contributed by atoms with Crippen LogP contribution in [0.5, 0.6) is 5.75 Å². The lowest BCUT2D eigenvalue weighted by atomic mass is 9.87. The summed E-state index contributed by atoms with van der Waals surface area (Å²) in [6, 6.07) is 34.0. The fourth-order valence-corrected chi connectivity index (χ4v) is 4.99. The molecule has 0 spiro atoms. The van der Waals surface area contributed by atoms with Gasteiger partial charge < -0.3 is 19.5 Å². The summed E-state index contributed by atoms with van der Waals surface area (Å²) in [5.41, 5.74) is 3.76. The van der Waals surface area contributed by atoms with Crippen molar-refractivity contribution < 1.29 is 14.2 Å². The van der Waals surface area contributed by atoms with Gasteiger partial charge in [0.05, 0.1) is 25.9 Å². The molecule has 4 heteroatoms. The minimum atomic E-state index is 0.155. The molecule has 2 atom stereocenters. The van der Waals surface area contributed by atoms with Crippen LogP contribution in [-0.2, 0) is 22.7 Å². The molecular weight excluding hydrogens is 458 g/mol. The van der Waals surface area contributed by atoms with Crippen LogP contribution < -0.4 is 10.1 Å². The SMILES string of the molecule is c1ccc(COCCCCOc2ccc([C@@H]3CCNC[C@H]3OCc3ccc4ccccc4c3)cc2)cc1. The molecule has 4 aromatic carbocycles. The number of fused-ring (bicyclic) bond motifs is 1. The quantitative estimate of drug-likeness (QED) is 0.218. The molecule has 1 aliphatic heterocycles. The van der Waals surface area contributed by atoms with Crippen LogP contribution in [0.4, 0.5) is 0 Å². The van der Waals surface area contributed by atoms with Gasteiger partial charge in [0.1, 0.15) is 5.75 Å². The molecule has 37 heavy (non-hydrogen) atoms. The van der Waals surface area contributed by atoms with Crippen molar-refractivity contribution in [2.75, 3.05) is 26.3 Å². The van der Waals surface area contributed by atoms with Gasteiger partial charge in [-0.15, -0.1) is 0 Å². The fourth-order valence-electron chi connectivity index (χ4n) is 4.99. The minimum absolute atomic E-state index is 0.155. The van der Waals surface area contributed by atoms with E-state index in [0.717, 1.165) is 44.7 Å². The second kappa shape index (κ2) is 13.4. The highest BCUT2D eigenvalue weighted by molar-refractivity contribution is 5.82. The smallest absolute Gasteiger partial charge is 0.119 e. The summed E-state index contributed by atoms with van der Waals surface area (Å²) in [7, 11) is 0. The summed E-state index contributed by atoms with van der Waals surface area (Å²) < 4.78 is 18.2. The van der Waals surface area contributed by atoms with E-state index in [-0.39, 0.29) is 6.10 Å². The molecule has 0 aliphatic carbocycles. The second-order valence-electron chi connectivity index (χ2n) is 9.79. The van der Waals surface area contributed by atoms with Gasteiger partial charge in [0.15, 0.2) is 0 Å². The van der Waals surface area contributed by atoms with Crippen LogP contribution in [0.25, 0.3) is 10.8 Å². The fraction of sp³-hybridized carbons (Fsp3) is 0.333. The molecular formula is C33H37NO3. The Hall–Kier alpha value is -3.18. The summed E-state index contributed by atoms with van der Waals surface area (Å²) in [6.45, 7) is 4.66. The zero-order valence-corrected chi connectivity index (χ0v) is 21.5. The Labute approximate surface area is 220 Å². The normalized spacial score (nSPS) is 17.6. The number of rotatable bonds is 12. The van der Waals surface area contributed by atoms with Gasteiger partial charge in [0, 0.05) is 19.1 Å². The van der Waals surface area contributed by atoms with E-state index in [4.69, 9.17) is 14.2 Å². The average molecular weight is 496 g/mol. The maximum absolute atomic E-state index is 6.45. The van der Waals surface area contributed by atoms with Crippen LogP contribution in [0.15, 0.2) is 97.1 Å². The van der Waals surface area contributed by atoms with Crippen LogP contribution >= 0.6 is 0 Å². The van der Waals surface area contributed by atoms with E-state index in [0.29, 0.717) is 25.7 Å². The van der Waals surface area contributed by atoms with Crippen molar-refractivity contribution in [2.45, 2.75) is 44.5 Å². The number of unbranched alkanes of at least 4 members (excludes halogenated alkanes) is 1. The molecule has 5 rings (SSSR count). The van der Waals surface area contributed by atoms with E-state index in [1.54, 1.807) is 0 Å². The summed E-state index contributed by atoms with van der Waals surface area (Å²) in [6.07, 6.45) is 3.21. The zero-order chi connectivity index (χ0) is 25.1. The molecule has 1 aliphatic rings. The lowest BCUT2D eigenvalue weighted by molar-refractivity contribution is 0.0106. The Balaban J connectivity index is 1.06. The number of benzene rings is 4. The van der Waals surface area contributed by atoms with Crippen molar-refractivity contribution in [2.24, 2.45) is 0 Å². The molecule has 1 fully saturated rings. The van der Waals surface area contributed by atoms with Crippen molar-refractivity contribution in [3.05, 3.63) is 114 Å². The van der Waals surface area contributed by atoms with Crippen LogP contribution in [0.1, 0.15) is 41.9 Å². The van der Waals surface area contributed by atoms with Gasteiger partial charge in [-0.05, 0) is 71.5 Å². The first-order chi connectivity index (χ1) is 18.3. The van der Waals surface area contributed by atoms with E-state index in [2.05, 4.69) is 84.2 Å². The molecule has 0 radical (unpaired) electrons. The van der Waals surface area contributed by atoms with Gasteiger partial charge in [0.2, 0.25) is 0 Å². The van der Waals surface area contributed by atoms with Crippen molar-refractivity contribution >= 4 is 10.8 Å². The van der Waals surface area contributed by atoms with Crippen LogP contribution in [0, 0.1) is 0 Å². The molecule has 1 heterocycles. The van der Waals surface area contributed by atoms with E-state index in [9.17, 15) is 0 Å². The molecule has 1 N–H and O–H groups in total. The van der Waals surface area contributed by atoms with Crippen LogP contribution in [-0.4, -0.2) is 32.4 Å². The lowest BCUT2D eigenvalue weighted by Gasteiger charge is -2.32. The first-order valence-corrected chi connectivity index (χ1v) is 13.5. The lowest BCUT2D eigenvalue weighted by Crippen LogP contribution is -2.40. The third-order valence-corrected chi connectivity index (χ3v) is 7.08. The Kier molecular flexibility index (Phi) is 9.22. The summed E-state index contributed by atoms with van der Waals surface area (Å²) in [4.78, 5) is 0. The summed E-state index contributed by atoms with van der Waals surface area (Å²) in [5.74, 6) is 1.31. The van der Waals surface area contributed by atoms with Crippen molar-refractivity contribution in [3.8, 4) is 5.75 Å². The third-order valence-electron chi connectivity index (χ3n) is 7.08. The molecule has 4 aromatic rings. The topological polar surface area (TPSA) is 39.7 Å². The van der Waals surface area contributed by atoms with Gasteiger partial charge in [0.25, 0.3) is 0 Å². The zero-order valence-electron chi connectivity index (χ0n) is 21.5. The van der Waals surface area contributed by atoms with Gasteiger partial charge in [-0.25, -0.2) is 0 Å². The molecule has 0 aromatic heterocycles. The van der Waals surface area contributed by atoms with Gasteiger partial charge in [-0.1, -0.05) is 78.9 Å². The second-order valence-corrected chi connectivity index (χ2v) is 9.79. The van der Waals surface area contributed by atoms with E-state index in [1.807, 2.05) is 18.2 Å². The van der Waals surface area contributed by atoms with Crippen LogP contribution in [0.2, 0.25) is 0 Å². The predicted octanol–water partition coefficient (Wildman–Crippen LogP) is 6.88. The predicted molar refractivity (Wildman–Crippen MR) is 150 cm³/mol. The highest BCUT2D eigenvalue weighted by Gasteiger charge is 2.27. The van der Waals surface area contributed by atoms with Gasteiger partial charge in [-0.2, -0.15) is 0 Å². The van der Waals surface area contributed by atoms with Gasteiger partial charge >= 0.3 is 0 Å². The van der Waals surface area contributed by atoms with E-state index >= 15 is 0 Å². The van der Waals surface area contributed by atoms with E-state index in [1.165, 1.54) is 27.5 Å². The number of ether oxygens (including phenoxy) is 3. The molecule has 0 saturated carbocycles. The number of hydrogen-bond donors (Lipinski definition) is 1. The maximum atomic E-state index is 6.45. The summed E-state index contributed by atoms with van der Waals surface area (Å²) >= 11 is 0. The first-order valence-electron chi connectivity index (χ1n) is 13.5.